The second-order valence-corrected chi connectivity index (χ2v) is 5.14. The summed E-state index contributed by atoms with van der Waals surface area (Å²) in [5, 5.41) is 0. The Morgan fingerprint density at radius 2 is 2.15 bits per heavy atom. The average Bonchev–Trinajstić information content (AvgIpc) is 2.72. The van der Waals surface area contributed by atoms with Gasteiger partial charge in [-0.2, -0.15) is 0 Å². The summed E-state index contributed by atoms with van der Waals surface area (Å²) in [6.45, 7) is 6.20. The molecule has 0 radical (unpaired) electrons. The number of unbranched alkanes of at least 4 members (excludes halogenated alkanes) is 1. The maximum atomic E-state index is 11.7. The van der Waals surface area contributed by atoms with Gasteiger partial charge in [-0.3, -0.25) is 0 Å². The summed E-state index contributed by atoms with van der Waals surface area (Å²) < 4.78 is 11.4. The van der Waals surface area contributed by atoms with Crippen LogP contribution in [0.3, 0.4) is 0 Å². The number of hydrogen-bond donors (Lipinski definition) is 0. The zero-order chi connectivity index (χ0) is 15.0. The summed E-state index contributed by atoms with van der Waals surface area (Å²) in [5.74, 6) is 1.39. The van der Waals surface area contributed by atoms with Crippen LogP contribution in [-0.4, -0.2) is 30.2 Å². The van der Waals surface area contributed by atoms with Crippen molar-refractivity contribution < 1.29 is 19.1 Å². The van der Waals surface area contributed by atoms with Gasteiger partial charge >= 0.3 is 5.97 Å². The van der Waals surface area contributed by atoms with Crippen LogP contribution in [0.25, 0.3) is 0 Å². The highest BCUT2D eigenvalue weighted by Gasteiger charge is 2.42. The molecule has 1 aliphatic heterocycles. The van der Waals surface area contributed by atoms with Crippen LogP contribution < -0.4 is 0 Å². The van der Waals surface area contributed by atoms with Crippen molar-refractivity contribution >= 4 is 11.9 Å². The van der Waals surface area contributed by atoms with Crippen LogP contribution >= 0.6 is 0 Å². The molecular formula is C16H24O4. The SMILES string of the molecule is CCCCC1OC(C)C(OC(=O)/C=C\C=C=O)C1CC. The molecule has 4 heteroatoms. The van der Waals surface area contributed by atoms with E-state index in [4.69, 9.17) is 9.47 Å². The molecule has 0 N–H and O–H groups in total. The minimum Gasteiger partial charge on any atom is -0.456 e. The van der Waals surface area contributed by atoms with E-state index in [1.54, 1.807) is 5.94 Å². The molecule has 0 aromatic heterocycles. The lowest BCUT2D eigenvalue weighted by Crippen LogP contribution is -2.31. The number of esters is 1. The monoisotopic (exact) mass is 280 g/mol. The van der Waals surface area contributed by atoms with Gasteiger partial charge in [-0.1, -0.05) is 26.7 Å². The molecule has 0 bridgehead atoms. The van der Waals surface area contributed by atoms with Gasteiger partial charge in [0, 0.05) is 18.1 Å². The first-order chi connectivity index (χ1) is 9.63. The highest BCUT2D eigenvalue weighted by molar-refractivity contribution is 5.82. The molecule has 0 saturated carbocycles. The molecule has 1 heterocycles. The first kappa shape index (κ1) is 16.7. The molecule has 4 nitrogen and oxygen atoms in total. The van der Waals surface area contributed by atoms with Crippen molar-refractivity contribution in [1.82, 2.24) is 0 Å². The van der Waals surface area contributed by atoms with Gasteiger partial charge in [0.15, 0.2) is 0 Å². The van der Waals surface area contributed by atoms with Crippen molar-refractivity contribution in [3.8, 4) is 0 Å². The van der Waals surface area contributed by atoms with Crippen LogP contribution in [0.5, 0.6) is 0 Å². The number of carbonyl (C=O) groups excluding carboxylic acids is 2. The maximum absolute atomic E-state index is 11.7. The lowest BCUT2D eigenvalue weighted by Gasteiger charge is -2.21. The number of rotatable bonds is 7. The van der Waals surface area contributed by atoms with Crippen LogP contribution in [0, 0.1) is 5.92 Å². The molecular weight excluding hydrogens is 256 g/mol. The highest BCUT2D eigenvalue weighted by atomic mass is 16.6. The number of ether oxygens (including phenoxy) is 2. The topological polar surface area (TPSA) is 52.6 Å². The summed E-state index contributed by atoms with van der Waals surface area (Å²) in [4.78, 5) is 21.7. The van der Waals surface area contributed by atoms with E-state index in [0.717, 1.165) is 31.8 Å². The molecule has 0 aromatic carbocycles. The fourth-order valence-electron chi connectivity index (χ4n) is 2.72. The van der Waals surface area contributed by atoms with Crippen molar-refractivity contribution in [2.45, 2.75) is 64.8 Å². The fourth-order valence-corrected chi connectivity index (χ4v) is 2.72. The standard InChI is InChI=1S/C16H24O4/c1-4-6-9-14-13(5-2)16(12(3)19-14)20-15(18)10-7-8-11-17/h7-8,10,12-14,16H,4-6,9H2,1-3H3/b10-7-. The molecule has 1 saturated heterocycles. The smallest absolute Gasteiger partial charge is 0.331 e. The van der Waals surface area contributed by atoms with Crippen LogP contribution in [-0.2, 0) is 19.1 Å². The van der Waals surface area contributed by atoms with Gasteiger partial charge in [-0.05, 0) is 25.8 Å². The quantitative estimate of drug-likeness (QED) is 0.311. The Morgan fingerprint density at radius 3 is 2.75 bits per heavy atom. The third-order valence-corrected chi connectivity index (χ3v) is 3.71. The van der Waals surface area contributed by atoms with Gasteiger partial charge < -0.3 is 9.47 Å². The average molecular weight is 280 g/mol. The Labute approximate surface area is 120 Å². The van der Waals surface area contributed by atoms with Crippen LogP contribution in [0.2, 0.25) is 0 Å². The lowest BCUT2D eigenvalue weighted by atomic mass is 9.91. The van der Waals surface area contributed by atoms with Crippen molar-refractivity contribution in [2.75, 3.05) is 0 Å². The molecule has 0 aromatic rings. The van der Waals surface area contributed by atoms with E-state index < -0.39 is 5.97 Å². The summed E-state index contributed by atoms with van der Waals surface area (Å²) >= 11 is 0. The second-order valence-electron chi connectivity index (χ2n) is 5.14. The van der Waals surface area contributed by atoms with Gasteiger partial charge in [-0.25, -0.2) is 9.59 Å². The molecule has 0 spiro atoms. The van der Waals surface area contributed by atoms with Crippen molar-refractivity contribution in [2.24, 2.45) is 5.92 Å². The second kappa shape index (κ2) is 8.72. The maximum Gasteiger partial charge on any atom is 0.331 e. The van der Waals surface area contributed by atoms with Crippen molar-refractivity contribution in [3.05, 3.63) is 18.2 Å². The molecule has 1 aliphatic rings. The van der Waals surface area contributed by atoms with E-state index in [1.807, 2.05) is 6.92 Å². The van der Waals surface area contributed by atoms with Crippen LogP contribution in [0.4, 0.5) is 0 Å². The van der Waals surface area contributed by atoms with Gasteiger partial charge in [0.1, 0.15) is 12.0 Å². The molecule has 20 heavy (non-hydrogen) atoms. The van der Waals surface area contributed by atoms with Gasteiger partial charge in [0.2, 0.25) is 0 Å². The van der Waals surface area contributed by atoms with E-state index in [1.165, 1.54) is 12.2 Å². The predicted octanol–water partition coefficient (Wildman–Crippen LogP) is 2.85. The molecule has 4 unspecified atom stereocenters. The van der Waals surface area contributed by atoms with Gasteiger partial charge in [-0.15, -0.1) is 0 Å². The molecule has 4 atom stereocenters. The molecule has 112 valence electrons. The minimum absolute atomic E-state index is 0.0826. The van der Waals surface area contributed by atoms with Crippen molar-refractivity contribution in [3.63, 3.8) is 0 Å². The Bertz CT molecular complexity index is 382. The number of allylic oxidation sites excluding steroid dienone is 2. The third-order valence-electron chi connectivity index (χ3n) is 3.71. The summed E-state index contributed by atoms with van der Waals surface area (Å²) in [6.07, 6.45) is 7.79. The first-order valence-corrected chi connectivity index (χ1v) is 7.37. The Kier molecular flexibility index (Phi) is 7.27. The Balaban J connectivity index is 2.63. The largest absolute Gasteiger partial charge is 0.456 e. The van der Waals surface area contributed by atoms with E-state index in [-0.39, 0.29) is 24.2 Å². The molecule has 0 aliphatic carbocycles. The Hall–Kier alpha value is -1.38. The highest BCUT2D eigenvalue weighted by Crippen LogP contribution is 2.34. The van der Waals surface area contributed by atoms with Crippen molar-refractivity contribution in [1.29, 1.82) is 0 Å². The van der Waals surface area contributed by atoms with Gasteiger partial charge in [0.05, 0.1) is 12.2 Å². The lowest BCUT2D eigenvalue weighted by molar-refractivity contribution is -0.146. The van der Waals surface area contributed by atoms with E-state index in [9.17, 15) is 9.59 Å². The molecule has 1 rings (SSSR count). The van der Waals surface area contributed by atoms with Crippen LogP contribution in [0.1, 0.15) is 46.5 Å². The van der Waals surface area contributed by atoms with E-state index in [0.29, 0.717) is 0 Å². The number of hydrogen-bond acceptors (Lipinski definition) is 4. The predicted molar refractivity (Wildman–Crippen MR) is 76.9 cm³/mol. The minimum atomic E-state index is -0.438. The van der Waals surface area contributed by atoms with E-state index in [2.05, 4.69) is 13.8 Å². The zero-order valence-corrected chi connectivity index (χ0v) is 12.5. The summed E-state index contributed by atoms with van der Waals surface area (Å²) in [6, 6.07) is 0. The summed E-state index contributed by atoms with van der Waals surface area (Å²) in [7, 11) is 0. The van der Waals surface area contributed by atoms with Gasteiger partial charge in [0.25, 0.3) is 0 Å². The Morgan fingerprint density at radius 1 is 1.40 bits per heavy atom. The molecule has 1 fully saturated rings. The summed E-state index contributed by atoms with van der Waals surface area (Å²) in [5.41, 5.74) is 0. The van der Waals surface area contributed by atoms with E-state index >= 15 is 0 Å². The van der Waals surface area contributed by atoms with Crippen LogP contribution in [0.15, 0.2) is 18.2 Å². The third kappa shape index (κ3) is 4.62. The number of carbonyl (C=O) groups is 1. The molecule has 0 amide bonds. The zero-order valence-electron chi connectivity index (χ0n) is 12.5. The fraction of sp³-hybridized carbons (Fsp3) is 0.688. The first-order valence-electron chi connectivity index (χ1n) is 7.37. The normalized spacial score (nSPS) is 29.4.